The van der Waals surface area contributed by atoms with E-state index in [9.17, 15) is 24.4 Å². The van der Waals surface area contributed by atoms with Crippen molar-refractivity contribution in [1.82, 2.24) is 0 Å². The number of carbonyl (C=O) groups is 4. The summed E-state index contributed by atoms with van der Waals surface area (Å²) in [6.07, 6.45) is 19.3. The Bertz CT molecular complexity index is 7100. The average Bonchev–Trinajstić information content (AvgIpc) is 1.64. The highest BCUT2D eigenvalue weighted by Crippen LogP contribution is 2.51. The molecule has 0 bridgehead atoms. The fraction of sp³-hybridized carbons (Fsp3) is 0.134. The lowest BCUT2D eigenvalue weighted by Gasteiger charge is -2.19. The lowest BCUT2D eigenvalue weighted by atomic mass is 9.85. The van der Waals surface area contributed by atoms with E-state index in [4.69, 9.17) is 68.4 Å². The Morgan fingerprint density at radius 3 is 1.05 bits per heavy atom. The van der Waals surface area contributed by atoms with Crippen molar-refractivity contribution in [3.8, 4) is 6.07 Å². The van der Waals surface area contributed by atoms with Gasteiger partial charge in [-0.05, 0) is 274 Å². The van der Waals surface area contributed by atoms with Gasteiger partial charge in [0.05, 0.1) is 28.8 Å². The van der Waals surface area contributed by atoms with E-state index in [0.29, 0.717) is 34.8 Å². The standard InChI is InChI=1S/2C30H24ClNO2.C30H25NO2.C29H25ClO2/c1-4-23(25-15-9-19(2)17-27(25)32-3)29(21-13-10-20(11-14-21)12-16-28(33)34)26-18-22-7-5-6-8-24(22)30(26)31;1-3-23(25-14-8-19(2)16-28(25)31)30(21-12-9-20(10-13-21)11-15-29(33)34)26-17-22-6-4-5-7-24(22)27(26)18-32;1-4-26(27-15-9-20(2)17-28(27)31-3)30(25-18-23-7-5-6-8-24(23)19-25)22-13-10-21(11-14-22)12-16-29(32)33;1-3-24(21-13-8-19(2)9-14-21)28(22-15-10-20(11-16-22)12-17-27(31)32)26-18-23-6-4-5-7-25(23)29(26)30/h5-17H,4,18H2,1-2H3,(H,33,34);4-16H,3,17H2,1-2H3,(H,33,34);5-18H,4,19H2,1-2H3,(H,32,33);4-17H,3,18H2,1-2H3,(H,31,32)/b16-12+,29-23+;15-11+,30-23+;16-12+,30-26+;17-12+,28-24+. The quantitative estimate of drug-likeness (QED) is 0.0260. The number of hydrogen-bond donors (Lipinski definition) is 4. The molecule has 0 aliphatic heterocycles. The molecule has 11 nitrogen and oxygen atoms in total. The molecule has 12 aromatic rings. The zero-order valence-corrected chi connectivity index (χ0v) is 77.5. The fourth-order valence-corrected chi connectivity index (χ4v) is 18.7. The third-order valence-corrected chi connectivity index (χ3v) is 25.1. The molecule has 658 valence electrons. The zero-order chi connectivity index (χ0) is 94.5. The van der Waals surface area contributed by atoms with Gasteiger partial charge in [0, 0.05) is 48.6 Å². The first-order chi connectivity index (χ1) is 64.3. The van der Waals surface area contributed by atoms with Gasteiger partial charge >= 0.3 is 23.9 Å². The van der Waals surface area contributed by atoms with Crippen LogP contribution in [0.25, 0.3) is 100 Å². The van der Waals surface area contributed by atoms with Crippen molar-refractivity contribution in [3.63, 3.8) is 0 Å². The van der Waals surface area contributed by atoms with Crippen LogP contribution in [0.5, 0.6) is 0 Å². The third-order valence-electron chi connectivity index (χ3n) is 24.0. The summed E-state index contributed by atoms with van der Waals surface area (Å²) in [6.45, 7) is 32.1. The molecule has 12 aromatic carbocycles. The highest BCUT2D eigenvalue weighted by Gasteiger charge is 2.31. The Labute approximate surface area is 793 Å². The van der Waals surface area contributed by atoms with E-state index >= 15 is 0 Å². The van der Waals surface area contributed by atoms with Crippen LogP contribution >= 0.6 is 34.8 Å². The maximum atomic E-state index is 10.9. The molecule has 4 N–H and O–H groups in total. The molecule has 0 atom stereocenters. The second-order valence-corrected chi connectivity index (χ2v) is 33.9. The van der Waals surface area contributed by atoms with Gasteiger partial charge < -0.3 is 20.4 Å². The number of nitriles is 1. The van der Waals surface area contributed by atoms with Crippen molar-refractivity contribution in [3.05, 3.63) is 481 Å². The molecular weight excluding hydrogens is 1710 g/mol. The molecule has 0 spiro atoms. The molecule has 0 saturated heterocycles. The first-order valence-corrected chi connectivity index (χ1v) is 45.2. The summed E-state index contributed by atoms with van der Waals surface area (Å²) in [7, 11) is 0. The second kappa shape index (κ2) is 44.4. The van der Waals surface area contributed by atoms with E-state index in [0.717, 1.165) is 229 Å². The van der Waals surface area contributed by atoms with Crippen LogP contribution in [0.3, 0.4) is 0 Å². The molecule has 4 aliphatic rings. The Morgan fingerprint density at radius 1 is 0.353 bits per heavy atom. The number of aryl methyl sites for hydroxylation is 4. The van der Waals surface area contributed by atoms with Gasteiger partial charge in [-0.3, -0.25) is 0 Å². The van der Waals surface area contributed by atoms with E-state index < -0.39 is 23.9 Å². The Kier molecular flexibility index (Phi) is 31.8. The topological polar surface area (TPSA) is 182 Å². The highest BCUT2D eigenvalue weighted by atomic mass is 35.5. The van der Waals surface area contributed by atoms with E-state index in [1.165, 1.54) is 44.5 Å². The SMILES string of the molecule is CC/C(=C(\C1=C(C#N)c2ccccc2C1)c1ccc(/C=C/C(=O)O)cc1)c1ccc(C)cc1Cl.CC/C(=C(\C1=C(Cl)c2ccccc2C1)c1ccc(/C=C/C(=O)O)cc1)c1ccc(C)cc1.[C-]#[N+]c1cc(C)ccc1/C(CC)=C(/C1=C(Cl)c2ccccc2C1)c1ccc(/C=C/C(=O)O)cc1.[C-]#[N+]c1cc(C)ccc1/C(CC)=C(/C1=Cc2ccccc2C1)c1ccc(/C=C/C(=O)O)cc1. The molecule has 0 amide bonds. The van der Waals surface area contributed by atoms with Crippen LogP contribution in [0.15, 0.2) is 320 Å². The molecule has 0 unspecified atom stereocenters. The summed E-state index contributed by atoms with van der Waals surface area (Å²) in [5, 5.41) is 48.1. The van der Waals surface area contributed by atoms with Gasteiger partial charge in [0.2, 0.25) is 0 Å². The number of nitrogens with zero attached hydrogens (tertiary/aromatic N) is 3. The number of halogens is 3. The second-order valence-electron chi connectivity index (χ2n) is 32.7. The van der Waals surface area contributed by atoms with E-state index in [1.807, 2.05) is 178 Å². The summed E-state index contributed by atoms with van der Waals surface area (Å²) in [5.74, 6) is -3.89. The van der Waals surface area contributed by atoms with E-state index in [2.05, 4.69) is 172 Å². The summed E-state index contributed by atoms with van der Waals surface area (Å²) in [6, 6.07) is 93.7. The predicted octanol–water partition coefficient (Wildman–Crippen LogP) is 31.0. The number of carboxylic acid groups (broad SMARTS) is 4. The van der Waals surface area contributed by atoms with Crippen molar-refractivity contribution in [2.45, 2.75) is 107 Å². The number of hydrogen-bond acceptors (Lipinski definition) is 5. The number of aliphatic carboxylic acids is 4. The molecular formula is C119H98Cl3N3O8. The van der Waals surface area contributed by atoms with E-state index in [1.54, 1.807) is 24.3 Å². The molecule has 0 fully saturated rings. The summed E-state index contributed by atoms with van der Waals surface area (Å²) < 4.78 is 0. The molecule has 16 rings (SSSR count). The lowest BCUT2D eigenvalue weighted by Crippen LogP contribution is -1.99. The van der Waals surface area contributed by atoms with Crippen LogP contribution in [0.4, 0.5) is 11.4 Å². The van der Waals surface area contributed by atoms with Crippen LogP contribution in [0, 0.1) is 52.2 Å². The molecule has 0 heterocycles. The predicted molar refractivity (Wildman–Crippen MR) is 550 cm³/mol. The van der Waals surface area contributed by atoms with Crippen molar-refractivity contribution in [2.75, 3.05) is 0 Å². The minimum atomic E-state index is -0.987. The van der Waals surface area contributed by atoms with Crippen molar-refractivity contribution < 1.29 is 39.6 Å². The molecule has 4 aliphatic carbocycles. The number of allylic oxidation sites excluding steroid dienone is 13. The highest BCUT2D eigenvalue weighted by molar-refractivity contribution is 6.52. The van der Waals surface area contributed by atoms with Crippen LogP contribution in [-0.4, -0.2) is 44.3 Å². The summed E-state index contributed by atoms with van der Waals surface area (Å²) in [4.78, 5) is 51.2. The van der Waals surface area contributed by atoms with Gasteiger partial charge in [0.15, 0.2) is 11.4 Å². The number of carboxylic acids is 4. The molecule has 133 heavy (non-hydrogen) atoms. The van der Waals surface area contributed by atoms with Gasteiger partial charge in [0.25, 0.3) is 0 Å². The van der Waals surface area contributed by atoms with Gasteiger partial charge in [-0.25, -0.2) is 28.9 Å². The summed E-state index contributed by atoms with van der Waals surface area (Å²) in [5.41, 5.74) is 40.4. The monoisotopic (exact) mass is 1800 g/mol. The maximum Gasteiger partial charge on any atom is 0.328 e. The first-order valence-electron chi connectivity index (χ1n) is 44.1. The number of rotatable bonds is 24. The molecule has 0 radical (unpaired) electrons. The minimum Gasteiger partial charge on any atom is -0.478 e. The number of fused-ring (bicyclic) bond motifs is 4. The Balaban J connectivity index is 0.000000151. The largest absolute Gasteiger partial charge is 0.478 e. The maximum absolute atomic E-state index is 10.9. The van der Waals surface area contributed by atoms with Crippen LogP contribution in [-0.2, 0) is 44.9 Å². The third kappa shape index (κ3) is 22.8. The van der Waals surface area contributed by atoms with Crippen molar-refractivity contribution >= 4 is 161 Å². The number of benzene rings is 12. The van der Waals surface area contributed by atoms with Gasteiger partial charge in [-0.1, -0.05) is 352 Å². The average molecular weight is 1800 g/mol. The smallest absolute Gasteiger partial charge is 0.328 e. The first kappa shape index (κ1) is 95.3. The normalized spacial score (nSPS) is 13.6. The van der Waals surface area contributed by atoms with Gasteiger partial charge in [-0.15, -0.1) is 0 Å². The minimum absolute atomic E-state index is 0.627. The van der Waals surface area contributed by atoms with Crippen LogP contribution < -0.4 is 0 Å². The van der Waals surface area contributed by atoms with Gasteiger partial charge in [0.1, 0.15) is 6.07 Å². The van der Waals surface area contributed by atoms with Crippen molar-refractivity contribution in [2.24, 2.45) is 0 Å². The molecule has 0 saturated carbocycles. The van der Waals surface area contributed by atoms with Crippen LogP contribution in [0.1, 0.15) is 187 Å². The van der Waals surface area contributed by atoms with E-state index in [-0.39, 0.29) is 0 Å². The molecule has 0 aromatic heterocycles. The van der Waals surface area contributed by atoms with Gasteiger partial charge in [-0.2, -0.15) is 5.26 Å². The Morgan fingerprint density at radius 2 is 0.669 bits per heavy atom. The zero-order valence-electron chi connectivity index (χ0n) is 75.2. The fourth-order valence-electron chi connectivity index (χ4n) is 17.7. The molecule has 14 heteroatoms. The van der Waals surface area contributed by atoms with Crippen LogP contribution in [0.2, 0.25) is 5.02 Å². The Hall–Kier alpha value is -15.3. The van der Waals surface area contributed by atoms with Crippen molar-refractivity contribution in [1.29, 1.82) is 5.26 Å². The summed E-state index contributed by atoms with van der Waals surface area (Å²) >= 11 is 20.6. The lowest BCUT2D eigenvalue weighted by molar-refractivity contribution is -0.132.